The van der Waals surface area contributed by atoms with Crippen LogP contribution in [0.1, 0.15) is 13.8 Å². The standard InChI is InChI=1S/C14H21BrN2O2.ClH/c1-10(8-16-3)14(18)17-9-11(2)19-13-7-5-4-6-12(13)15;/h4-7,10-11,16H,8-9H2,1-3H3,(H,17,18);1H. The molecule has 0 fully saturated rings. The lowest BCUT2D eigenvalue weighted by atomic mass is 10.1. The molecule has 2 unspecified atom stereocenters. The van der Waals surface area contributed by atoms with E-state index in [1.54, 1.807) is 0 Å². The maximum absolute atomic E-state index is 11.7. The lowest BCUT2D eigenvalue weighted by molar-refractivity contribution is -0.124. The van der Waals surface area contributed by atoms with Gasteiger partial charge >= 0.3 is 0 Å². The largest absolute Gasteiger partial charge is 0.488 e. The molecule has 0 aliphatic rings. The molecule has 0 radical (unpaired) electrons. The number of hydrogen-bond donors (Lipinski definition) is 2. The molecule has 1 aromatic rings. The summed E-state index contributed by atoms with van der Waals surface area (Å²) in [7, 11) is 1.84. The third-order valence-corrected chi connectivity index (χ3v) is 3.34. The van der Waals surface area contributed by atoms with Gasteiger partial charge in [-0.1, -0.05) is 19.1 Å². The quantitative estimate of drug-likeness (QED) is 0.781. The van der Waals surface area contributed by atoms with E-state index in [1.165, 1.54) is 0 Å². The number of ether oxygens (including phenoxy) is 1. The SMILES string of the molecule is CNCC(C)C(=O)NCC(C)Oc1ccccc1Br.Cl. The minimum Gasteiger partial charge on any atom is -0.488 e. The molecule has 0 aliphatic carbocycles. The minimum absolute atomic E-state index is 0. The van der Waals surface area contributed by atoms with Crippen LogP contribution in [0.15, 0.2) is 28.7 Å². The van der Waals surface area contributed by atoms with Gasteiger partial charge in [0.1, 0.15) is 11.9 Å². The molecule has 0 saturated carbocycles. The predicted octanol–water partition coefficient (Wildman–Crippen LogP) is 2.61. The Labute approximate surface area is 135 Å². The number of hydrogen-bond acceptors (Lipinski definition) is 3. The van der Waals surface area contributed by atoms with Gasteiger partial charge in [-0.2, -0.15) is 0 Å². The number of para-hydroxylation sites is 1. The van der Waals surface area contributed by atoms with Crippen molar-refractivity contribution in [3.05, 3.63) is 28.7 Å². The van der Waals surface area contributed by atoms with E-state index >= 15 is 0 Å². The molecule has 0 heterocycles. The van der Waals surface area contributed by atoms with Crippen LogP contribution in [-0.2, 0) is 4.79 Å². The van der Waals surface area contributed by atoms with E-state index in [0.29, 0.717) is 13.1 Å². The monoisotopic (exact) mass is 364 g/mol. The zero-order valence-electron chi connectivity index (χ0n) is 12.0. The van der Waals surface area contributed by atoms with Crippen LogP contribution in [0, 0.1) is 5.92 Å². The third kappa shape index (κ3) is 6.59. The van der Waals surface area contributed by atoms with E-state index in [2.05, 4.69) is 26.6 Å². The van der Waals surface area contributed by atoms with Crippen LogP contribution in [-0.4, -0.2) is 32.1 Å². The Bertz CT molecular complexity index is 418. The van der Waals surface area contributed by atoms with Crippen molar-refractivity contribution in [2.75, 3.05) is 20.1 Å². The molecule has 0 spiro atoms. The molecule has 0 bridgehead atoms. The third-order valence-electron chi connectivity index (χ3n) is 2.69. The molecule has 6 heteroatoms. The summed E-state index contributed by atoms with van der Waals surface area (Å²) >= 11 is 3.43. The highest BCUT2D eigenvalue weighted by molar-refractivity contribution is 9.10. The molecule has 2 N–H and O–H groups in total. The van der Waals surface area contributed by atoms with Gasteiger partial charge in [0.2, 0.25) is 5.91 Å². The van der Waals surface area contributed by atoms with E-state index in [1.807, 2.05) is 45.2 Å². The Morgan fingerprint density at radius 1 is 1.30 bits per heavy atom. The van der Waals surface area contributed by atoms with Gasteiger partial charge in [0.15, 0.2) is 0 Å². The van der Waals surface area contributed by atoms with Crippen molar-refractivity contribution in [3.63, 3.8) is 0 Å². The van der Waals surface area contributed by atoms with Crippen molar-refractivity contribution >= 4 is 34.2 Å². The normalized spacial score (nSPS) is 13.0. The maximum atomic E-state index is 11.7. The predicted molar refractivity (Wildman–Crippen MR) is 87.6 cm³/mol. The number of amides is 1. The zero-order chi connectivity index (χ0) is 14.3. The molecule has 1 aromatic carbocycles. The summed E-state index contributed by atoms with van der Waals surface area (Å²) in [4.78, 5) is 11.7. The summed E-state index contributed by atoms with van der Waals surface area (Å²) < 4.78 is 6.67. The molecule has 0 saturated heterocycles. The van der Waals surface area contributed by atoms with Gasteiger partial charge in [-0.15, -0.1) is 12.4 Å². The first-order valence-electron chi connectivity index (χ1n) is 6.38. The summed E-state index contributed by atoms with van der Waals surface area (Å²) in [6.45, 7) is 4.99. The number of rotatable bonds is 7. The van der Waals surface area contributed by atoms with Gasteiger partial charge in [-0.05, 0) is 42.0 Å². The van der Waals surface area contributed by atoms with Crippen LogP contribution in [0.25, 0.3) is 0 Å². The van der Waals surface area contributed by atoms with Crippen molar-refractivity contribution in [3.8, 4) is 5.75 Å². The smallest absolute Gasteiger partial charge is 0.224 e. The van der Waals surface area contributed by atoms with E-state index < -0.39 is 0 Å². The Hall–Kier alpha value is -0.780. The van der Waals surface area contributed by atoms with Crippen molar-refractivity contribution in [2.24, 2.45) is 5.92 Å². The van der Waals surface area contributed by atoms with Crippen LogP contribution >= 0.6 is 28.3 Å². The van der Waals surface area contributed by atoms with Gasteiger partial charge in [0.25, 0.3) is 0 Å². The second kappa shape index (κ2) is 10.0. The minimum atomic E-state index is -0.0792. The number of nitrogens with one attached hydrogen (secondary N) is 2. The van der Waals surface area contributed by atoms with Gasteiger partial charge in [-0.3, -0.25) is 4.79 Å². The highest BCUT2D eigenvalue weighted by Crippen LogP contribution is 2.24. The van der Waals surface area contributed by atoms with Crippen molar-refractivity contribution in [1.29, 1.82) is 0 Å². The summed E-state index contributed by atoms with van der Waals surface area (Å²) in [5, 5.41) is 5.87. The molecule has 0 aliphatic heterocycles. The van der Waals surface area contributed by atoms with Crippen LogP contribution in [0.3, 0.4) is 0 Å². The summed E-state index contributed by atoms with van der Waals surface area (Å²) in [5.41, 5.74) is 0. The first kappa shape index (κ1) is 19.2. The maximum Gasteiger partial charge on any atom is 0.224 e. The van der Waals surface area contributed by atoms with E-state index in [4.69, 9.17) is 4.74 Å². The van der Waals surface area contributed by atoms with Crippen molar-refractivity contribution < 1.29 is 9.53 Å². The van der Waals surface area contributed by atoms with Gasteiger partial charge in [0.05, 0.1) is 11.0 Å². The number of halogens is 2. The van der Waals surface area contributed by atoms with E-state index in [9.17, 15) is 4.79 Å². The van der Waals surface area contributed by atoms with Gasteiger partial charge in [0, 0.05) is 12.5 Å². The molecule has 1 rings (SSSR count). The highest BCUT2D eigenvalue weighted by atomic mass is 79.9. The van der Waals surface area contributed by atoms with Gasteiger partial charge < -0.3 is 15.4 Å². The highest BCUT2D eigenvalue weighted by Gasteiger charge is 2.13. The lowest BCUT2D eigenvalue weighted by Crippen LogP contribution is -2.39. The summed E-state index contributed by atoms with van der Waals surface area (Å²) in [6.07, 6.45) is -0.0792. The molecule has 1 amide bonds. The molecule has 4 nitrogen and oxygen atoms in total. The molecular weight excluding hydrogens is 344 g/mol. The number of carbonyl (C=O) groups excluding carboxylic acids is 1. The van der Waals surface area contributed by atoms with E-state index in [0.717, 1.165) is 10.2 Å². The Kier molecular flexibility index (Phi) is 9.63. The Morgan fingerprint density at radius 3 is 2.55 bits per heavy atom. The summed E-state index contributed by atoms with van der Waals surface area (Å²) in [6, 6.07) is 7.67. The lowest BCUT2D eigenvalue weighted by Gasteiger charge is -2.18. The Morgan fingerprint density at radius 2 is 1.95 bits per heavy atom. The fourth-order valence-electron chi connectivity index (χ4n) is 1.62. The molecule has 0 aromatic heterocycles. The van der Waals surface area contributed by atoms with Crippen LogP contribution in [0.2, 0.25) is 0 Å². The first-order valence-corrected chi connectivity index (χ1v) is 7.17. The van der Waals surface area contributed by atoms with Crippen LogP contribution in [0.4, 0.5) is 0 Å². The van der Waals surface area contributed by atoms with E-state index in [-0.39, 0.29) is 30.3 Å². The number of carbonyl (C=O) groups is 1. The average Bonchev–Trinajstić information content (AvgIpc) is 2.39. The molecule has 2 atom stereocenters. The molecule has 114 valence electrons. The first-order chi connectivity index (χ1) is 9.04. The molecular formula is C14H22BrClN2O2. The molecule has 20 heavy (non-hydrogen) atoms. The fraction of sp³-hybridized carbons (Fsp3) is 0.500. The second-order valence-corrected chi connectivity index (χ2v) is 5.42. The average molecular weight is 366 g/mol. The second-order valence-electron chi connectivity index (χ2n) is 4.56. The topological polar surface area (TPSA) is 50.4 Å². The Balaban J connectivity index is 0.00000361. The zero-order valence-corrected chi connectivity index (χ0v) is 14.4. The number of benzene rings is 1. The van der Waals surface area contributed by atoms with Crippen LogP contribution < -0.4 is 15.4 Å². The van der Waals surface area contributed by atoms with Gasteiger partial charge in [-0.25, -0.2) is 0 Å². The van der Waals surface area contributed by atoms with Crippen LogP contribution in [0.5, 0.6) is 5.75 Å². The van der Waals surface area contributed by atoms with Crippen molar-refractivity contribution in [2.45, 2.75) is 20.0 Å². The summed E-state index contributed by atoms with van der Waals surface area (Å²) in [5.74, 6) is 0.783. The fourth-order valence-corrected chi connectivity index (χ4v) is 1.99. The van der Waals surface area contributed by atoms with Crippen molar-refractivity contribution in [1.82, 2.24) is 10.6 Å².